The van der Waals surface area contributed by atoms with Gasteiger partial charge in [-0.2, -0.15) is 0 Å². The number of methoxy groups -OCH3 is 1. The fourth-order valence-corrected chi connectivity index (χ4v) is 2.32. The van der Waals surface area contributed by atoms with Gasteiger partial charge in [-0.05, 0) is 23.3 Å². The molecular formula is C17H17NO4. The van der Waals surface area contributed by atoms with Crippen molar-refractivity contribution in [2.45, 2.75) is 12.6 Å². The quantitative estimate of drug-likeness (QED) is 0.922. The molecule has 0 aliphatic carbocycles. The van der Waals surface area contributed by atoms with E-state index >= 15 is 0 Å². The summed E-state index contributed by atoms with van der Waals surface area (Å²) in [5, 5.41) is 2.75. The first-order chi connectivity index (χ1) is 10.8. The third-order valence-electron chi connectivity index (χ3n) is 3.50. The molecule has 2 aromatic carbocycles. The Kier molecular flexibility index (Phi) is 4.14. The molecule has 1 heterocycles. The standard InChI is InChI=1S/C17H17NO4/c1-20-15-8-7-13(14-11-22-17(19)18-14)9-16(15)21-10-12-5-3-2-4-6-12/h2-9,14H,10-11H2,1H3,(H,18,19)/t14-/m0/s1. The molecule has 0 bridgehead atoms. The van der Waals surface area contributed by atoms with E-state index in [1.54, 1.807) is 7.11 Å². The molecule has 1 aliphatic heterocycles. The number of alkyl carbamates (subject to hydrolysis) is 1. The average Bonchev–Trinajstić information content (AvgIpc) is 3.00. The molecule has 0 radical (unpaired) electrons. The Hall–Kier alpha value is -2.69. The molecule has 1 atom stereocenters. The van der Waals surface area contributed by atoms with Crippen molar-refractivity contribution in [2.75, 3.05) is 13.7 Å². The summed E-state index contributed by atoms with van der Waals surface area (Å²) >= 11 is 0. The predicted molar refractivity (Wildman–Crippen MR) is 81.0 cm³/mol. The van der Waals surface area contributed by atoms with Crippen LogP contribution in [0, 0.1) is 0 Å². The van der Waals surface area contributed by atoms with Gasteiger partial charge in [0.2, 0.25) is 0 Å². The van der Waals surface area contributed by atoms with Gasteiger partial charge >= 0.3 is 6.09 Å². The number of hydrogen-bond donors (Lipinski definition) is 1. The predicted octanol–water partition coefficient (Wildman–Crippen LogP) is 3.06. The summed E-state index contributed by atoms with van der Waals surface area (Å²) in [6, 6.07) is 15.4. The molecule has 0 saturated carbocycles. The van der Waals surface area contributed by atoms with Gasteiger partial charge in [-0.1, -0.05) is 36.4 Å². The molecule has 5 heteroatoms. The van der Waals surface area contributed by atoms with Crippen molar-refractivity contribution < 1.29 is 19.0 Å². The maximum Gasteiger partial charge on any atom is 0.407 e. The Morgan fingerprint density at radius 2 is 2.00 bits per heavy atom. The fraction of sp³-hybridized carbons (Fsp3) is 0.235. The number of cyclic esters (lactones) is 1. The van der Waals surface area contributed by atoms with Crippen molar-refractivity contribution in [3.05, 3.63) is 59.7 Å². The Labute approximate surface area is 128 Å². The third kappa shape index (κ3) is 3.14. The normalized spacial score (nSPS) is 16.8. The lowest BCUT2D eigenvalue weighted by atomic mass is 10.1. The molecule has 5 nitrogen and oxygen atoms in total. The van der Waals surface area contributed by atoms with Crippen molar-refractivity contribution in [3.63, 3.8) is 0 Å². The summed E-state index contributed by atoms with van der Waals surface area (Å²) in [5.41, 5.74) is 2.00. The number of carbonyl (C=O) groups excluding carboxylic acids is 1. The van der Waals surface area contributed by atoms with Crippen LogP contribution in [0.3, 0.4) is 0 Å². The van der Waals surface area contributed by atoms with Crippen LogP contribution in [-0.4, -0.2) is 19.8 Å². The number of rotatable bonds is 5. The number of amides is 1. The molecular weight excluding hydrogens is 282 g/mol. The van der Waals surface area contributed by atoms with Crippen molar-refractivity contribution in [1.82, 2.24) is 5.32 Å². The highest BCUT2D eigenvalue weighted by Crippen LogP contribution is 2.32. The second kappa shape index (κ2) is 6.39. The summed E-state index contributed by atoms with van der Waals surface area (Å²) < 4.78 is 16.1. The number of benzene rings is 2. The molecule has 0 aromatic heterocycles. The van der Waals surface area contributed by atoms with Gasteiger partial charge < -0.3 is 19.5 Å². The minimum absolute atomic E-state index is 0.155. The van der Waals surface area contributed by atoms with Crippen LogP contribution in [0.4, 0.5) is 4.79 Å². The summed E-state index contributed by atoms with van der Waals surface area (Å²) in [5.74, 6) is 1.30. The van der Waals surface area contributed by atoms with Crippen molar-refractivity contribution >= 4 is 6.09 Å². The Balaban J connectivity index is 1.77. The van der Waals surface area contributed by atoms with Crippen LogP contribution in [0.2, 0.25) is 0 Å². The summed E-state index contributed by atoms with van der Waals surface area (Å²) in [4.78, 5) is 11.2. The number of carbonyl (C=O) groups is 1. The van der Waals surface area contributed by atoms with Crippen LogP contribution in [-0.2, 0) is 11.3 Å². The molecule has 1 saturated heterocycles. The number of ether oxygens (including phenoxy) is 3. The SMILES string of the molecule is COc1ccc([C@@H]2COC(=O)N2)cc1OCc1ccccc1. The van der Waals surface area contributed by atoms with E-state index in [0.29, 0.717) is 24.7 Å². The molecule has 22 heavy (non-hydrogen) atoms. The summed E-state index contributed by atoms with van der Waals surface area (Å²) in [7, 11) is 1.60. The zero-order chi connectivity index (χ0) is 15.4. The van der Waals surface area contributed by atoms with Crippen LogP contribution in [0.15, 0.2) is 48.5 Å². The van der Waals surface area contributed by atoms with E-state index in [9.17, 15) is 4.79 Å². The second-order valence-corrected chi connectivity index (χ2v) is 4.98. The second-order valence-electron chi connectivity index (χ2n) is 4.98. The van der Waals surface area contributed by atoms with Gasteiger partial charge in [0.15, 0.2) is 11.5 Å². The maximum atomic E-state index is 11.2. The third-order valence-corrected chi connectivity index (χ3v) is 3.50. The van der Waals surface area contributed by atoms with Gasteiger partial charge in [-0.15, -0.1) is 0 Å². The van der Waals surface area contributed by atoms with E-state index in [0.717, 1.165) is 11.1 Å². The average molecular weight is 299 g/mol. The first kappa shape index (κ1) is 14.3. The number of hydrogen-bond acceptors (Lipinski definition) is 4. The van der Waals surface area contributed by atoms with Crippen LogP contribution < -0.4 is 14.8 Å². The Morgan fingerprint density at radius 3 is 2.68 bits per heavy atom. The monoisotopic (exact) mass is 299 g/mol. The first-order valence-corrected chi connectivity index (χ1v) is 7.04. The summed E-state index contributed by atoms with van der Waals surface area (Å²) in [6.45, 7) is 0.775. The maximum absolute atomic E-state index is 11.2. The van der Waals surface area contributed by atoms with Gasteiger partial charge in [-0.3, -0.25) is 0 Å². The van der Waals surface area contributed by atoms with Crippen LogP contribution in [0.5, 0.6) is 11.5 Å². The first-order valence-electron chi connectivity index (χ1n) is 7.04. The van der Waals surface area contributed by atoms with Gasteiger partial charge in [0, 0.05) is 0 Å². The van der Waals surface area contributed by atoms with Crippen molar-refractivity contribution in [1.29, 1.82) is 0 Å². The van der Waals surface area contributed by atoms with Gasteiger partial charge in [0.05, 0.1) is 13.2 Å². The molecule has 0 spiro atoms. The van der Waals surface area contributed by atoms with Gasteiger partial charge in [0.25, 0.3) is 0 Å². The van der Waals surface area contributed by atoms with Crippen LogP contribution in [0.1, 0.15) is 17.2 Å². The highest BCUT2D eigenvalue weighted by Gasteiger charge is 2.24. The molecule has 1 fully saturated rings. The highest BCUT2D eigenvalue weighted by atomic mass is 16.6. The molecule has 1 N–H and O–H groups in total. The Morgan fingerprint density at radius 1 is 1.18 bits per heavy atom. The van der Waals surface area contributed by atoms with E-state index in [1.807, 2.05) is 48.5 Å². The zero-order valence-electron chi connectivity index (χ0n) is 12.2. The van der Waals surface area contributed by atoms with Crippen molar-refractivity contribution in [2.24, 2.45) is 0 Å². The lowest BCUT2D eigenvalue weighted by Gasteiger charge is -2.14. The smallest absolute Gasteiger partial charge is 0.407 e. The topological polar surface area (TPSA) is 56.8 Å². The zero-order valence-corrected chi connectivity index (χ0v) is 12.2. The van der Waals surface area contributed by atoms with Gasteiger partial charge in [-0.25, -0.2) is 4.79 Å². The molecule has 1 aliphatic rings. The van der Waals surface area contributed by atoms with E-state index in [4.69, 9.17) is 14.2 Å². The lowest BCUT2D eigenvalue weighted by molar-refractivity contribution is 0.177. The minimum atomic E-state index is -0.396. The van der Waals surface area contributed by atoms with E-state index < -0.39 is 6.09 Å². The largest absolute Gasteiger partial charge is 0.493 e. The van der Waals surface area contributed by atoms with E-state index in [2.05, 4.69) is 5.32 Å². The fourth-order valence-electron chi connectivity index (χ4n) is 2.32. The lowest BCUT2D eigenvalue weighted by Crippen LogP contribution is -2.18. The molecule has 2 aromatic rings. The van der Waals surface area contributed by atoms with E-state index in [-0.39, 0.29) is 6.04 Å². The molecule has 114 valence electrons. The van der Waals surface area contributed by atoms with Crippen molar-refractivity contribution in [3.8, 4) is 11.5 Å². The summed E-state index contributed by atoms with van der Waals surface area (Å²) in [6.07, 6.45) is -0.396. The Bertz CT molecular complexity index is 657. The molecule has 3 rings (SSSR count). The minimum Gasteiger partial charge on any atom is -0.493 e. The van der Waals surface area contributed by atoms with E-state index in [1.165, 1.54) is 0 Å². The number of nitrogens with one attached hydrogen (secondary N) is 1. The van der Waals surface area contributed by atoms with Crippen LogP contribution >= 0.6 is 0 Å². The molecule has 1 amide bonds. The van der Waals surface area contributed by atoms with Gasteiger partial charge in [0.1, 0.15) is 13.2 Å². The highest BCUT2D eigenvalue weighted by molar-refractivity contribution is 5.70. The van der Waals surface area contributed by atoms with Crippen LogP contribution in [0.25, 0.3) is 0 Å². The molecule has 0 unspecified atom stereocenters.